The third-order valence-corrected chi connectivity index (χ3v) is 3.03. The van der Waals surface area contributed by atoms with E-state index in [1.807, 2.05) is 0 Å². The van der Waals surface area contributed by atoms with Gasteiger partial charge in [0, 0.05) is 12.6 Å². The first kappa shape index (κ1) is 10.7. The quantitative estimate of drug-likeness (QED) is 0.389. The van der Waals surface area contributed by atoms with Crippen molar-refractivity contribution in [3.63, 3.8) is 0 Å². The number of nitrogens with zero attached hydrogens (tertiary/aromatic N) is 1. The molecule has 0 radical (unpaired) electrons. The van der Waals surface area contributed by atoms with Crippen molar-refractivity contribution in [2.75, 3.05) is 19.8 Å². The van der Waals surface area contributed by atoms with E-state index >= 15 is 0 Å². The second-order valence-corrected chi connectivity index (χ2v) is 4.56. The lowest BCUT2D eigenvalue weighted by Gasteiger charge is -2.24. The van der Waals surface area contributed by atoms with Crippen LogP contribution in [0.4, 0.5) is 0 Å². The average Bonchev–Trinajstić information content (AvgIpc) is 2.91. The number of nitrogens with two attached hydrogens (primary N) is 1. The Bertz CT molecular complexity index is 222. The molecule has 0 aromatic rings. The van der Waals surface area contributed by atoms with Gasteiger partial charge in [0.05, 0.1) is 13.2 Å². The molecule has 86 valence electrons. The fourth-order valence-electron chi connectivity index (χ4n) is 1.62. The molecule has 15 heavy (non-hydrogen) atoms. The minimum Gasteiger partial charge on any atom is -0.379 e. The van der Waals surface area contributed by atoms with Gasteiger partial charge in [0.2, 0.25) is 0 Å². The highest BCUT2D eigenvalue weighted by Gasteiger charge is 2.21. The van der Waals surface area contributed by atoms with Crippen molar-refractivity contribution >= 4 is 5.96 Å². The standard InChI is InChI=1S/C11H21N3O/c12-11(14-10-4-5-10)13-6-7-15-8-9-2-1-3-9/h9-10H,1-8H2,(H3,12,13,14). The maximum absolute atomic E-state index is 5.68. The highest BCUT2D eigenvalue weighted by atomic mass is 16.5. The van der Waals surface area contributed by atoms with E-state index in [1.165, 1.54) is 32.1 Å². The second kappa shape index (κ2) is 5.35. The Labute approximate surface area is 91.3 Å². The number of rotatable bonds is 6. The predicted octanol–water partition coefficient (Wildman–Crippen LogP) is 0.870. The van der Waals surface area contributed by atoms with Gasteiger partial charge in [-0.3, -0.25) is 4.99 Å². The van der Waals surface area contributed by atoms with Crippen LogP contribution in [-0.4, -0.2) is 31.8 Å². The van der Waals surface area contributed by atoms with Crippen molar-refractivity contribution in [1.29, 1.82) is 0 Å². The maximum atomic E-state index is 5.68. The summed E-state index contributed by atoms with van der Waals surface area (Å²) in [6.07, 6.45) is 6.52. The van der Waals surface area contributed by atoms with Gasteiger partial charge in [-0.15, -0.1) is 0 Å². The van der Waals surface area contributed by atoms with Gasteiger partial charge >= 0.3 is 0 Å². The van der Waals surface area contributed by atoms with Crippen LogP contribution in [0.5, 0.6) is 0 Å². The monoisotopic (exact) mass is 211 g/mol. The summed E-state index contributed by atoms with van der Waals surface area (Å²) in [6, 6.07) is 0.588. The molecule has 2 fully saturated rings. The third-order valence-electron chi connectivity index (χ3n) is 3.03. The maximum Gasteiger partial charge on any atom is 0.188 e. The number of hydrogen-bond donors (Lipinski definition) is 2. The highest BCUT2D eigenvalue weighted by molar-refractivity contribution is 5.78. The minimum atomic E-state index is 0.574. The van der Waals surface area contributed by atoms with Crippen LogP contribution in [-0.2, 0) is 4.74 Å². The molecule has 3 N–H and O–H groups in total. The molecule has 0 amide bonds. The van der Waals surface area contributed by atoms with Gasteiger partial charge in [0.1, 0.15) is 0 Å². The van der Waals surface area contributed by atoms with Gasteiger partial charge in [-0.1, -0.05) is 6.42 Å². The first-order valence-electron chi connectivity index (χ1n) is 5.99. The summed E-state index contributed by atoms with van der Waals surface area (Å²) < 4.78 is 5.52. The summed E-state index contributed by atoms with van der Waals surface area (Å²) in [5.74, 6) is 1.39. The minimum absolute atomic E-state index is 0.574. The molecule has 4 nitrogen and oxygen atoms in total. The molecule has 0 aromatic carbocycles. The van der Waals surface area contributed by atoms with Gasteiger partial charge in [-0.05, 0) is 31.6 Å². The van der Waals surface area contributed by atoms with E-state index < -0.39 is 0 Å². The first-order chi connectivity index (χ1) is 7.34. The summed E-state index contributed by atoms with van der Waals surface area (Å²) in [5, 5.41) is 3.15. The van der Waals surface area contributed by atoms with Crippen molar-refractivity contribution in [3.8, 4) is 0 Å². The molecule has 4 heteroatoms. The third kappa shape index (κ3) is 4.08. The SMILES string of the molecule is NC(=NCCOCC1CCC1)NC1CC1. The normalized spacial score (nSPS) is 22.5. The molecule has 0 saturated heterocycles. The Balaban J connectivity index is 1.45. The molecule has 2 aliphatic carbocycles. The number of aliphatic imine (C=N–C) groups is 1. The predicted molar refractivity (Wildman–Crippen MR) is 60.8 cm³/mol. The van der Waals surface area contributed by atoms with Crippen LogP contribution in [0.1, 0.15) is 32.1 Å². The average molecular weight is 211 g/mol. The highest BCUT2D eigenvalue weighted by Crippen LogP contribution is 2.26. The summed E-state index contributed by atoms with van der Waals surface area (Å²) in [5.41, 5.74) is 5.68. The fraction of sp³-hybridized carbons (Fsp3) is 0.909. The van der Waals surface area contributed by atoms with Crippen molar-refractivity contribution in [1.82, 2.24) is 5.32 Å². The topological polar surface area (TPSA) is 59.6 Å². The molecule has 0 spiro atoms. The number of guanidine groups is 1. The molecular formula is C11H21N3O. The van der Waals surface area contributed by atoms with E-state index in [4.69, 9.17) is 10.5 Å². The van der Waals surface area contributed by atoms with Crippen molar-refractivity contribution in [3.05, 3.63) is 0 Å². The van der Waals surface area contributed by atoms with Gasteiger partial charge in [0.15, 0.2) is 5.96 Å². The van der Waals surface area contributed by atoms with E-state index in [-0.39, 0.29) is 0 Å². The largest absolute Gasteiger partial charge is 0.379 e. The van der Waals surface area contributed by atoms with Crippen LogP contribution >= 0.6 is 0 Å². The van der Waals surface area contributed by atoms with Crippen LogP contribution in [0.2, 0.25) is 0 Å². The number of nitrogens with one attached hydrogen (secondary N) is 1. The molecule has 0 heterocycles. The van der Waals surface area contributed by atoms with E-state index in [2.05, 4.69) is 10.3 Å². The van der Waals surface area contributed by atoms with Crippen LogP contribution in [0.15, 0.2) is 4.99 Å². The van der Waals surface area contributed by atoms with E-state index in [9.17, 15) is 0 Å². The number of ether oxygens (including phenoxy) is 1. The summed E-state index contributed by atoms with van der Waals surface area (Å²) in [7, 11) is 0. The lowest BCUT2D eigenvalue weighted by molar-refractivity contribution is 0.0754. The van der Waals surface area contributed by atoms with Crippen molar-refractivity contribution < 1.29 is 4.74 Å². The molecule has 0 aliphatic heterocycles. The fourth-order valence-corrected chi connectivity index (χ4v) is 1.62. The first-order valence-corrected chi connectivity index (χ1v) is 5.99. The van der Waals surface area contributed by atoms with E-state index in [0.29, 0.717) is 25.2 Å². The van der Waals surface area contributed by atoms with Gasteiger partial charge in [-0.2, -0.15) is 0 Å². The molecule has 0 aromatic heterocycles. The molecule has 0 bridgehead atoms. The van der Waals surface area contributed by atoms with Crippen molar-refractivity contribution in [2.24, 2.45) is 16.6 Å². The van der Waals surface area contributed by atoms with E-state index in [0.717, 1.165) is 12.5 Å². The number of hydrogen-bond acceptors (Lipinski definition) is 2. The van der Waals surface area contributed by atoms with Gasteiger partial charge in [-0.25, -0.2) is 0 Å². The van der Waals surface area contributed by atoms with Gasteiger partial charge < -0.3 is 15.8 Å². The zero-order valence-corrected chi connectivity index (χ0v) is 9.24. The molecule has 2 saturated carbocycles. The zero-order valence-electron chi connectivity index (χ0n) is 9.24. The lowest BCUT2D eigenvalue weighted by atomic mass is 9.86. The van der Waals surface area contributed by atoms with Crippen LogP contribution in [0.25, 0.3) is 0 Å². The Morgan fingerprint density at radius 1 is 1.33 bits per heavy atom. The molecule has 2 aliphatic rings. The Morgan fingerprint density at radius 2 is 2.13 bits per heavy atom. The van der Waals surface area contributed by atoms with Gasteiger partial charge in [0.25, 0.3) is 0 Å². The molecule has 0 atom stereocenters. The van der Waals surface area contributed by atoms with Crippen LogP contribution in [0, 0.1) is 5.92 Å². The molecular weight excluding hydrogens is 190 g/mol. The summed E-state index contributed by atoms with van der Waals surface area (Å²) >= 11 is 0. The zero-order chi connectivity index (χ0) is 10.5. The summed E-state index contributed by atoms with van der Waals surface area (Å²) in [6.45, 7) is 2.29. The second-order valence-electron chi connectivity index (χ2n) is 4.56. The Kier molecular flexibility index (Phi) is 3.83. The van der Waals surface area contributed by atoms with E-state index in [1.54, 1.807) is 0 Å². The Hall–Kier alpha value is -0.770. The summed E-state index contributed by atoms with van der Waals surface area (Å²) in [4.78, 5) is 4.20. The molecule has 0 unspecified atom stereocenters. The Morgan fingerprint density at radius 3 is 2.73 bits per heavy atom. The van der Waals surface area contributed by atoms with Crippen LogP contribution in [0.3, 0.4) is 0 Å². The van der Waals surface area contributed by atoms with Crippen LogP contribution < -0.4 is 11.1 Å². The van der Waals surface area contributed by atoms with Crippen molar-refractivity contribution in [2.45, 2.75) is 38.1 Å². The molecule has 2 rings (SSSR count). The lowest BCUT2D eigenvalue weighted by Crippen LogP contribution is -2.33. The smallest absolute Gasteiger partial charge is 0.188 e.